The van der Waals surface area contributed by atoms with Gasteiger partial charge in [-0.3, -0.25) is 0 Å². The van der Waals surface area contributed by atoms with Gasteiger partial charge in [0.1, 0.15) is 0 Å². The highest BCUT2D eigenvalue weighted by atomic mass is 32.2. The van der Waals surface area contributed by atoms with Gasteiger partial charge in [0, 0.05) is 32.3 Å². The molecule has 1 rings (SSSR count). The lowest BCUT2D eigenvalue weighted by Crippen LogP contribution is -2.50. The van der Waals surface area contributed by atoms with Gasteiger partial charge in [-0.25, -0.2) is 0 Å². The lowest BCUT2D eigenvalue weighted by atomic mass is 10.00. The lowest BCUT2D eigenvalue weighted by molar-refractivity contribution is 0.164. The predicted octanol–water partition coefficient (Wildman–Crippen LogP) is 1.84. The molecule has 0 spiro atoms. The fourth-order valence-corrected chi connectivity index (χ4v) is 4.49. The van der Waals surface area contributed by atoms with Crippen LogP contribution in [0.1, 0.15) is 52.9 Å². The molecule has 0 aromatic carbocycles. The summed E-state index contributed by atoms with van der Waals surface area (Å²) in [6.07, 6.45) is 4.59. The second-order valence-electron chi connectivity index (χ2n) is 5.94. The summed E-state index contributed by atoms with van der Waals surface area (Å²) in [5.74, 6) is 0.258. The van der Waals surface area contributed by atoms with E-state index in [0.717, 1.165) is 32.1 Å². The Morgan fingerprint density at radius 3 is 2.30 bits per heavy atom. The predicted molar refractivity (Wildman–Crippen MR) is 81.7 cm³/mol. The quantitative estimate of drug-likeness (QED) is 0.696. The van der Waals surface area contributed by atoms with Crippen molar-refractivity contribution in [2.45, 2.75) is 58.9 Å². The first-order valence-corrected chi connectivity index (χ1v) is 9.21. The van der Waals surface area contributed by atoms with E-state index in [4.69, 9.17) is 5.11 Å². The van der Waals surface area contributed by atoms with Crippen LogP contribution in [-0.4, -0.2) is 54.4 Å². The summed E-state index contributed by atoms with van der Waals surface area (Å²) >= 11 is 0. The van der Waals surface area contributed by atoms with Crippen LogP contribution in [0.15, 0.2) is 0 Å². The van der Waals surface area contributed by atoms with Crippen LogP contribution < -0.4 is 0 Å². The number of hydrogen-bond donors (Lipinski definition) is 1. The first kappa shape index (κ1) is 17.9. The van der Waals surface area contributed by atoms with E-state index in [9.17, 15) is 8.42 Å². The maximum Gasteiger partial charge on any atom is 0.282 e. The molecule has 0 radical (unpaired) electrons. The number of rotatable bonds is 8. The highest BCUT2D eigenvalue weighted by molar-refractivity contribution is 7.86. The van der Waals surface area contributed by atoms with E-state index < -0.39 is 10.2 Å². The summed E-state index contributed by atoms with van der Waals surface area (Å²) in [5, 5.41) is 9.14. The Bertz CT molecular complexity index is 363. The topological polar surface area (TPSA) is 60.9 Å². The monoisotopic (exact) mass is 306 g/mol. The maximum atomic E-state index is 12.7. The van der Waals surface area contributed by atoms with Crippen molar-refractivity contribution in [2.24, 2.45) is 5.92 Å². The van der Waals surface area contributed by atoms with E-state index in [2.05, 4.69) is 6.92 Å². The Balaban J connectivity index is 2.68. The summed E-state index contributed by atoms with van der Waals surface area (Å²) in [7, 11) is -3.35. The van der Waals surface area contributed by atoms with Gasteiger partial charge in [0.05, 0.1) is 0 Å². The summed E-state index contributed by atoms with van der Waals surface area (Å²) in [4.78, 5) is 0. The molecule has 1 saturated heterocycles. The summed E-state index contributed by atoms with van der Waals surface area (Å²) in [6, 6.07) is -0.00702. The highest BCUT2D eigenvalue weighted by Crippen LogP contribution is 2.22. The number of aliphatic hydroxyl groups is 1. The Hall–Kier alpha value is -0.170. The molecule has 0 saturated carbocycles. The van der Waals surface area contributed by atoms with E-state index in [1.54, 1.807) is 8.61 Å². The van der Waals surface area contributed by atoms with E-state index >= 15 is 0 Å². The summed E-state index contributed by atoms with van der Waals surface area (Å²) in [5.41, 5.74) is 0. The van der Waals surface area contributed by atoms with Crippen LogP contribution in [0.5, 0.6) is 0 Å². The molecule has 0 aliphatic carbocycles. The van der Waals surface area contributed by atoms with Gasteiger partial charge in [-0.05, 0) is 39.0 Å². The molecule has 0 aromatic heterocycles. The average molecular weight is 306 g/mol. The van der Waals surface area contributed by atoms with Crippen LogP contribution in [0.4, 0.5) is 0 Å². The smallest absolute Gasteiger partial charge is 0.282 e. The van der Waals surface area contributed by atoms with Crippen LogP contribution in [0.2, 0.25) is 0 Å². The van der Waals surface area contributed by atoms with Gasteiger partial charge in [-0.1, -0.05) is 19.8 Å². The minimum atomic E-state index is -3.35. The first-order chi connectivity index (χ1) is 9.43. The summed E-state index contributed by atoms with van der Waals surface area (Å²) < 4.78 is 28.6. The van der Waals surface area contributed by atoms with Gasteiger partial charge in [0.2, 0.25) is 0 Å². The SMILES string of the molecule is CCCCCN(C(C)C)S(=O)(=O)N1CCC(CO)CC1. The van der Waals surface area contributed by atoms with Crippen LogP contribution >= 0.6 is 0 Å². The van der Waals surface area contributed by atoms with E-state index in [1.165, 1.54) is 0 Å². The first-order valence-electron chi connectivity index (χ1n) is 7.81. The molecule has 1 heterocycles. The largest absolute Gasteiger partial charge is 0.396 e. The molecule has 0 atom stereocenters. The normalized spacial score (nSPS) is 19.1. The van der Waals surface area contributed by atoms with Crippen molar-refractivity contribution in [3.63, 3.8) is 0 Å². The van der Waals surface area contributed by atoms with Gasteiger partial charge in [-0.2, -0.15) is 17.0 Å². The van der Waals surface area contributed by atoms with E-state index in [-0.39, 0.29) is 18.6 Å². The zero-order valence-corrected chi connectivity index (χ0v) is 13.9. The Morgan fingerprint density at radius 2 is 1.85 bits per heavy atom. The fourth-order valence-electron chi connectivity index (χ4n) is 2.63. The molecule has 5 nitrogen and oxygen atoms in total. The Labute approximate surface area is 124 Å². The van der Waals surface area contributed by atoms with Crippen molar-refractivity contribution in [2.75, 3.05) is 26.2 Å². The third-order valence-corrected chi connectivity index (χ3v) is 6.23. The highest BCUT2D eigenvalue weighted by Gasteiger charge is 2.33. The molecule has 1 aliphatic rings. The molecule has 120 valence electrons. The molecule has 0 unspecified atom stereocenters. The van der Waals surface area contributed by atoms with Gasteiger partial charge in [-0.15, -0.1) is 0 Å². The van der Waals surface area contributed by atoms with E-state index in [0.29, 0.717) is 19.6 Å². The van der Waals surface area contributed by atoms with Gasteiger partial charge in [0.15, 0.2) is 0 Å². The molecule has 0 aromatic rings. The minimum Gasteiger partial charge on any atom is -0.396 e. The number of hydrogen-bond acceptors (Lipinski definition) is 3. The maximum absolute atomic E-state index is 12.7. The molecule has 20 heavy (non-hydrogen) atoms. The van der Waals surface area contributed by atoms with Gasteiger partial charge < -0.3 is 5.11 Å². The van der Waals surface area contributed by atoms with E-state index in [1.807, 2.05) is 13.8 Å². The number of nitrogens with zero attached hydrogens (tertiary/aromatic N) is 2. The Kier molecular flexibility index (Phi) is 7.43. The van der Waals surface area contributed by atoms with Gasteiger partial charge >= 0.3 is 0 Å². The third kappa shape index (κ3) is 4.69. The third-order valence-electron chi connectivity index (χ3n) is 4.01. The van der Waals surface area contributed by atoms with Crippen molar-refractivity contribution >= 4 is 10.2 Å². The lowest BCUT2D eigenvalue weighted by Gasteiger charge is -2.36. The molecule has 0 amide bonds. The molecule has 1 fully saturated rings. The fraction of sp³-hybridized carbons (Fsp3) is 1.00. The second-order valence-corrected chi connectivity index (χ2v) is 7.83. The van der Waals surface area contributed by atoms with Crippen LogP contribution in [0.25, 0.3) is 0 Å². The van der Waals surface area contributed by atoms with Crippen LogP contribution in [0.3, 0.4) is 0 Å². The molecule has 0 bridgehead atoms. The van der Waals surface area contributed by atoms with Crippen molar-refractivity contribution in [1.82, 2.24) is 8.61 Å². The summed E-state index contributed by atoms with van der Waals surface area (Å²) in [6.45, 7) is 7.82. The Morgan fingerprint density at radius 1 is 1.25 bits per heavy atom. The minimum absolute atomic E-state index is 0.00702. The molecule has 1 N–H and O–H groups in total. The number of piperidine rings is 1. The standard InChI is InChI=1S/C14H30N2O3S/c1-4-5-6-9-16(13(2)3)20(18,19)15-10-7-14(12-17)8-11-15/h13-14,17H,4-12H2,1-3H3. The molecule has 6 heteroatoms. The van der Waals surface area contributed by atoms with Crippen molar-refractivity contribution in [3.05, 3.63) is 0 Å². The zero-order chi connectivity index (χ0) is 15.2. The van der Waals surface area contributed by atoms with Crippen molar-refractivity contribution in [3.8, 4) is 0 Å². The van der Waals surface area contributed by atoms with Crippen molar-refractivity contribution < 1.29 is 13.5 Å². The second kappa shape index (κ2) is 8.32. The number of aliphatic hydroxyl groups excluding tert-OH is 1. The zero-order valence-electron chi connectivity index (χ0n) is 13.1. The average Bonchev–Trinajstić information content (AvgIpc) is 2.43. The van der Waals surface area contributed by atoms with Crippen LogP contribution in [-0.2, 0) is 10.2 Å². The molecular formula is C14H30N2O3S. The molecule has 1 aliphatic heterocycles. The number of unbranched alkanes of at least 4 members (excludes halogenated alkanes) is 2. The van der Waals surface area contributed by atoms with Gasteiger partial charge in [0.25, 0.3) is 10.2 Å². The van der Waals surface area contributed by atoms with Crippen molar-refractivity contribution in [1.29, 1.82) is 0 Å². The molecular weight excluding hydrogens is 276 g/mol. The van der Waals surface area contributed by atoms with Crippen LogP contribution in [0, 0.1) is 5.92 Å².